The van der Waals surface area contributed by atoms with E-state index in [4.69, 9.17) is 0 Å². The first-order valence-electron chi connectivity index (χ1n) is 11.8. The van der Waals surface area contributed by atoms with E-state index >= 15 is 0 Å². The van der Waals surface area contributed by atoms with Crippen LogP contribution in [0.1, 0.15) is 51.5 Å². The Morgan fingerprint density at radius 1 is 1.00 bits per heavy atom. The van der Waals surface area contributed by atoms with Crippen molar-refractivity contribution in [1.29, 1.82) is 0 Å². The van der Waals surface area contributed by atoms with Crippen molar-refractivity contribution in [2.24, 2.45) is 0 Å². The Balaban J connectivity index is 0.00000408. The van der Waals surface area contributed by atoms with Gasteiger partial charge in [-0.05, 0) is 43.4 Å². The zero-order valence-corrected chi connectivity index (χ0v) is 21.7. The standard InChI is InChI=1S/C23H36N4O5S.ClH/c1-3-4-5-6-20-7-9-21(10-8-20)26-15-17-27(18-16-26)33(31,32)23(22(29)24-30)11-13-25(14-12-23)19(2)28;/h7-10,30H,3-6,11-18H2,1-2H3,(H,24,29);1H. The monoisotopic (exact) mass is 516 g/mol. The molecule has 0 unspecified atom stereocenters. The van der Waals surface area contributed by atoms with Crippen molar-refractivity contribution in [3.8, 4) is 0 Å². The Morgan fingerprint density at radius 3 is 2.09 bits per heavy atom. The van der Waals surface area contributed by atoms with Gasteiger partial charge >= 0.3 is 0 Å². The van der Waals surface area contributed by atoms with E-state index in [-0.39, 0.29) is 57.3 Å². The van der Waals surface area contributed by atoms with E-state index in [2.05, 4.69) is 36.1 Å². The number of carbonyl (C=O) groups is 2. The van der Waals surface area contributed by atoms with Crippen LogP contribution in [-0.2, 0) is 26.0 Å². The van der Waals surface area contributed by atoms with Gasteiger partial charge in [0.15, 0.2) is 4.75 Å². The predicted octanol–water partition coefficient (Wildman–Crippen LogP) is 2.18. The Labute approximate surface area is 208 Å². The second kappa shape index (κ2) is 12.2. The highest BCUT2D eigenvalue weighted by Crippen LogP contribution is 2.34. The number of nitrogens with zero attached hydrogens (tertiary/aromatic N) is 3. The highest BCUT2D eigenvalue weighted by Gasteiger charge is 2.55. The minimum Gasteiger partial charge on any atom is -0.369 e. The predicted molar refractivity (Wildman–Crippen MR) is 134 cm³/mol. The van der Waals surface area contributed by atoms with Crippen LogP contribution in [0.25, 0.3) is 0 Å². The quantitative estimate of drug-likeness (QED) is 0.311. The highest BCUT2D eigenvalue weighted by atomic mass is 35.5. The van der Waals surface area contributed by atoms with Crippen LogP contribution < -0.4 is 10.4 Å². The molecule has 2 saturated heterocycles. The molecule has 0 aromatic heterocycles. The molecule has 192 valence electrons. The summed E-state index contributed by atoms with van der Waals surface area (Å²) in [6, 6.07) is 8.45. The van der Waals surface area contributed by atoms with Gasteiger partial charge in [0.2, 0.25) is 15.9 Å². The zero-order chi connectivity index (χ0) is 24.1. The lowest BCUT2D eigenvalue weighted by molar-refractivity contribution is -0.137. The van der Waals surface area contributed by atoms with E-state index in [1.165, 1.54) is 41.0 Å². The van der Waals surface area contributed by atoms with Gasteiger partial charge in [-0.15, -0.1) is 12.4 Å². The van der Waals surface area contributed by atoms with Gasteiger partial charge in [0.05, 0.1) is 0 Å². The molecule has 0 saturated carbocycles. The number of amides is 2. The van der Waals surface area contributed by atoms with Crippen molar-refractivity contribution in [1.82, 2.24) is 14.7 Å². The molecule has 2 aliphatic rings. The van der Waals surface area contributed by atoms with Crippen LogP contribution in [-0.4, -0.2) is 78.7 Å². The van der Waals surface area contributed by atoms with E-state index in [0.717, 1.165) is 12.1 Å². The summed E-state index contributed by atoms with van der Waals surface area (Å²) in [4.78, 5) is 27.9. The third-order valence-corrected chi connectivity index (χ3v) is 9.60. The fourth-order valence-electron chi connectivity index (χ4n) is 4.77. The maximum atomic E-state index is 13.6. The average molecular weight is 517 g/mol. The van der Waals surface area contributed by atoms with Crippen molar-refractivity contribution in [2.45, 2.75) is 57.1 Å². The van der Waals surface area contributed by atoms with E-state index in [9.17, 15) is 23.2 Å². The van der Waals surface area contributed by atoms with E-state index in [1.807, 2.05) is 0 Å². The van der Waals surface area contributed by atoms with Crippen molar-refractivity contribution >= 4 is 39.9 Å². The molecule has 2 N–H and O–H groups in total. The number of piperidine rings is 1. The number of unbranched alkanes of at least 4 members (excludes halogenated alkanes) is 2. The van der Waals surface area contributed by atoms with Crippen LogP contribution >= 0.6 is 12.4 Å². The van der Waals surface area contributed by atoms with Crippen LogP contribution in [0.3, 0.4) is 0 Å². The molecule has 1 aromatic rings. The SMILES string of the molecule is CCCCCc1ccc(N2CCN(S(=O)(=O)C3(C(=O)NO)CCN(C(C)=O)CC3)CC2)cc1.Cl. The number of rotatable bonds is 8. The minimum absolute atomic E-state index is 0. The Morgan fingerprint density at radius 2 is 1.59 bits per heavy atom. The Kier molecular flexibility index (Phi) is 10.2. The number of carbonyl (C=O) groups excluding carboxylic acids is 2. The molecule has 0 bridgehead atoms. The summed E-state index contributed by atoms with van der Waals surface area (Å²) in [5, 5.41) is 9.30. The number of halogens is 1. The molecule has 3 rings (SSSR count). The normalized spacial score (nSPS) is 18.8. The van der Waals surface area contributed by atoms with Gasteiger partial charge in [-0.2, -0.15) is 4.31 Å². The first-order valence-corrected chi connectivity index (χ1v) is 13.2. The summed E-state index contributed by atoms with van der Waals surface area (Å²) >= 11 is 0. The van der Waals surface area contributed by atoms with Gasteiger partial charge in [-0.3, -0.25) is 14.8 Å². The number of sulfonamides is 1. The van der Waals surface area contributed by atoms with Crippen molar-refractivity contribution in [3.05, 3.63) is 29.8 Å². The molecule has 34 heavy (non-hydrogen) atoms. The topological polar surface area (TPSA) is 110 Å². The molecule has 1 aromatic carbocycles. The van der Waals surface area contributed by atoms with Gasteiger partial charge in [0, 0.05) is 51.9 Å². The number of hydroxylamine groups is 1. The molecular formula is C23H37ClN4O5S. The first kappa shape index (κ1) is 28.4. The fraction of sp³-hybridized carbons (Fsp3) is 0.652. The maximum Gasteiger partial charge on any atom is 0.266 e. The van der Waals surface area contributed by atoms with E-state index < -0.39 is 20.7 Å². The van der Waals surface area contributed by atoms with E-state index in [1.54, 1.807) is 5.48 Å². The number of hydrogen-bond acceptors (Lipinski definition) is 6. The van der Waals surface area contributed by atoms with Crippen LogP contribution in [0.4, 0.5) is 5.69 Å². The Bertz CT molecular complexity index is 925. The van der Waals surface area contributed by atoms with Crippen molar-refractivity contribution in [2.75, 3.05) is 44.2 Å². The number of likely N-dealkylation sites (tertiary alicyclic amines) is 1. The van der Waals surface area contributed by atoms with E-state index in [0.29, 0.717) is 13.1 Å². The molecule has 2 amide bonds. The summed E-state index contributed by atoms with van der Waals surface area (Å²) in [5.41, 5.74) is 3.93. The second-order valence-electron chi connectivity index (χ2n) is 8.96. The molecule has 11 heteroatoms. The smallest absolute Gasteiger partial charge is 0.266 e. The van der Waals surface area contributed by atoms with Gasteiger partial charge < -0.3 is 9.80 Å². The summed E-state index contributed by atoms with van der Waals surface area (Å²) in [6.07, 6.45) is 4.58. The molecule has 2 aliphatic heterocycles. The summed E-state index contributed by atoms with van der Waals surface area (Å²) in [7, 11) is -4.04. The maximum absolute atomic E-state index is 13.6. The number of nitrogens with one attached hydrogen (secondary N) is 1. The van der Waals surface area contributed by atoms with Gasteiger partial charge in [-0.1, -0.05) is 31.9 Å². The van der Waals surface area contributed by atoms with Crippen LogP contribution in [0.2, 0.25) is 0 Å². The third kappa shape index (κ3) is 5.84. The molecular weight excluding hydrogens is 480 g/mol. The Hall–Kier alpha value is -1.88. The van der Waals surface area contributed by atoms with Gasteiger partial charge in [0.25, 0.3) is 5.91 Å². The molecule has 0 aliphatic carbocycles. The molecule has 0 atom stereocenters. The number of aryl methyl sites for hydroxylation is 1. The molecule has 0 radical (unpaired) electrons. The summed E-state index contributed by atoms with van der Waals surface area (Å²) in [5.74, 6) is -1.08. The van der Waals surface area contributed by atoms with Gasteiger partial charge in [-0.25, -0.2) is 13.9 Å². The number of benzene rings is 1. The van der Waals surface area contributed by atoms with Crippen LogP contribution in [0, 0.1) is 0 Å². The number of piperazine rings is 1. The lowest BCUT2D eigenvalue weighted by Crippen LogP contribution is -2.63. The lowest BCUT2D eigenvalue weighted by atomic mass is 9.95. The number of hydrogen-bond donors (Lipinski definition) is 2. The average Bonchev–Trinajstić information content (AvgIpc) is 2.84. The molecule has 2 fully saturated rings. The first-order chi connectivity index (χ1) is 15.7. The zero-order valence-electron chi connectivity index (χ0n) is 20.0. The molecule has 0 spiro atoms. The second-order valence-corrected chi connectivity index (χ2v) is 11.2. The minimum atomic E-state index is -4.04. The lowest BCUT2D eigenvalue weighted by Gasteiger charge is -2.44. The summed E-state index contributed by atoms with van der Waals surface area (Å²) in [6.45, 7) is 5.49. The third-order valence-electron chi connectivity index (χ3n) is 6.97. The van der Waals surface area contributed by atoms with Crippen molar-refractivity contribution < 1.29 is 23.2 Å². The largest absolute Gasteiger partial charge is 0.369 e. The highest BCUT2D eigenvalue weighted by molar-refractivity contribution is 7.91. The number of anilines is 1. The van der Waals surface area contributed by atoms with Crippen molar-refractivity contribution in [3.63, 3.8) is 0 Å². The van der Waals surface area contributed by atoms with Gasteiger partial charge in [0.1, 0.15) is 0 Å². The molecule has 9 nitrogen and oxygen atoms in total. The van der Waals surface area contributed by atoms with Crippen LogP contribution in [0.5, 0.6) is 0 Å². The summed E-state index contributed by atoms with van der Waals surface area (Å²) < 4.78 is 26.8. The molecule has 2 heterocycles. The fourth-order valence-corrected chi connectivity index (χ4v) is 6.89. The van der Waals surface area contributed by atoms with Crippen LogP contribution in [0.15, 0.2) is 24.3 Å².